The van der Waals surface area contributed by atoms with Crippen LogP contribution in [0.25, 0.3) is 0 Å². The van der Waals surface area contributed by atoms with E-state index < -0.39 is 5.97 Å². The SMILES string of the molecule is C=CCN(CC(=O)O)C(=O)CCOCCC. The average molecular weight is 229 g/mol. The van der Waals surface area contributed by atoms with Crippen molar-refractivity contribution < 1.29 is 19.4 Å². The lowest BCUT2D eigenvalue weighted by atomic mass is 10.3. The Labute approximate surface area is 95.7 Å². The molecule has 0 saturated carbocycles. The maximum absolute atomic E-state index is 11.6. The number of hydrogen-bond acceptors (Lipinski definition) is 3. The van der Waals surface area contributed by atoms with Crippen LogP contribution < -0.4 is 0 Å². The second kappa shape index (κ2) is 8.91. The molecule has 0 aliphatic rings. The number of ether oxygens (including phenoxy) is 1. The third kappa shape index (κ3) is 7.00. The molecule has 1 N–H and O–H groups in total. The molecule has 92 valence electrons. The fraction of sp³-hybridized carbons (Fsp3) is 0.636. The predicted octanol–water partition coefficient (Wildman–Crippen LogP) is 0.902. The maximum Gasteiger partial charge on any atom is 0.323 e. The second-order valence-electron chi connectivity index (χ2n) is 3.32. The standard InChI is InChI=1S/C11H19NO4/c1-3-6-12(9-11(14)15)10(13)5-8-16-7-4-2/h3H,1,4-9H2,2H3,(H,14,15). The predicted molar refractivity (Wildman–Crippen MR) is 60.1 cm³/mol. The highest BCUT2D eigenvalue weighted by Crippen LogP contribution is 1.96. The van der Waals surface area contributed by atoms with Gasteiger partial charge in [-0.15, -0.1) is 6.58 Å². The molecular formula is C11H19NO4. The van der Waals surface area contributed by atoms with Crippen LogP contribution >= 0.6 is 0 Å². The van der Waals surface area contributed by atoms with Gasteiger partial charge in [0.25, 0.3) is 0 Å². The molecule has 0 heterocycles. The van der Waals surface area contributed by atoms with Gasteiger partial charge in [0, 0.05) is 13.2 Å². The maximum atomic E-state index is 11.6. The molecule has 5 heteroatoms. The van der Waals surface area contributed by atoms with Gasteiger partial charge in [-0.1, -0.05) is 13.0 Å². The minimum atomic E-state index is -1.02. The topological polar surface area (TPSA) is 66.8 Å². The fourth-order valence-corrected chi connectivity index (χ4v) is 1.14. The van der Waals surface area contributed by atoms with Crippen LogP contribution in [0.1, 0.15) is 19.8 Å². The lowest BCUT2D eigenvalue weighted by Gasteiger charge is -2.18. The summed E-state index contributed by atoms with van der Waals surface area (Å²) in [5.41, 5.74) is 0. The van der Waals surface area contributed by atoms with Crippen molar-refractivity contribution in [1.29, 1.82) is 0 Å². The highest BCUT2D eigenvalue weighted by Gasteiger charge is 2.14. The van der Waals surface area contributed by atoms with Gasteiger partial charge < -0.3 is 14.7 Å². The molecule has 0 spiro atoms. The third-order valence-corrected chi connectivity index (χ3v) is 1.84. The van der Waals surface area contributed by atoms with E-state index >= 15 is 0 Å². The van der Waals surface area contributed by atoms with Crippen LogP contribution in [0.5, 0.6) is 0 Å². The Balaban J connectivity index is 3.96. The van der Waals surface area contributed by atoms with Gasteiger partial charge in [0.05, 0.1) is 13.0 Å². The molecule has 0 unspecified atom stereocenters. The first-order valence-corrected chi connectivity index (χ1v) is 5.30. The smallest absolute Gasteiger partial charge is 0.323 e. The molecule has 0 bridgehead atoms. The highest BCUT2D eigenvalue weighted by atomic mass is 16.5. The van der Waals surface area contributed by atoms with E-state index in [0.29, 0.717) is 13.2 Å². The summed E-state index contributed by atoms with van der Waals surface area (Å²) < 4.78 is 5.17. The molecule has 0 aromatic carbocycles. The summed E-state index contributed by atoms with van der Waals surface area (Å²) in [5, 5.41) is 8.61. The summed E-state index contributed by atoms with van der Waals surface area (Å²) in [4.78, 5) is 23.3. The van der Waals surface area contributed by atoms with Crippen LogP contribution in [0.15, 0.2) is 12.7 Å². The summed E-state index contributed by atoms with van der Waals surface area (Å²) >= 11 is 0. The molecule has 0 rings (SSSR count). The van der Waals surface area contributed by atoms with E-state index in [4.69, 9.17) is 9.84 Å². The van der Waals surface area contributed by atoms with Crippen LogP contribution in [0.4, 0.5) is 0 Å². The quantitative estimate of drug-likeness (QED) is 0.471. The zero-order chi connectivity index (χ0) is 12.4. The number of nitrogens with zero attached hydrogens (tertiary/aromatic N) is 1. The average Bonchev–Trinajstić information content (AvgIpc) is 2.23. The van der Waals surface area contributed by atoms with Gasteiger partial charge in [0.2, 0.25) is 5.91 Å². The summed E-state index contributed by atoms with van der Waals surface area (Å²) in [5.74, 6) is -1.25. The number of hydrogen-bond donors (Lipinski definition) is 1. The number of carbonyl (C=O) groups excluding carboxylic acids is 1. The molecule has 1 amide bonds. The van der Waals surface area contributed by atoms with Crippen molar-refractivity contribution in [1.82, 2.24) is 4.90 Å². The van der Waals surface area contributed by atoms with E-state index in [1.165, 1.54) is 11.0 Å². The van der Waals surface area contributed by atoms with Gasteiger partial charge >= 0.3 is 5.97 Å². The molecule has 0 aromatic rings. The first-order valence-electron chi connectivity index (χ1n) is 5.30. The minimum absolute atomic E-state index is 0.209. The highest BCUT2D eigenvalue weighted by molar-refractivity contribution is 5.81. The number of aliphatic carboxylic acids is 1. The normalized spacial score (nSPS) is 9.81. The molecule has 0 saturated heterocycles. The molecule has 0 fully saturated rings. The van der Waals surface area contributed by atoms with E-state index in [-0.39, 0.29) is 25.4 Å². The second-order valence-corrected chi connectivity index (χ2v) is 3.32. The van der Waals surface area contributed by atoms with Crippen LogP contribution in [-0.4, -0.2) is 48.2 Å². The van der Waals surface area contributed by atoms with Gasteiger partial charge in [0.1, 0.15) is 6.54 Å². The minimum Gasteiger partial charge on any atom is -0.480 e. The molecule has 16 heavy (non-hydrogen) atoms. The third-order valence-electron chi connectivity index (χ3n) is 1.84. The number of carboxylic acid groups (broad SMARTS) is 1. The first-order chi connectivity index (χ1) is 7.61. The number of amides is 1. The van der Waals surface area contributed by atoms with E-state index in [1.807, 2.05) is 6.92 Å². The van der Waals surface area contributed by atoms with Gasteiger partial charge in [-0.2, -0.15) is 0 Å². The Morgan fingerprint density at radius 2 is 2.12 bits per heavy atom. The molecule has 0 radical (unpaired) electrons. The van der Waals surface area contributed by atoms with Crippen LogP contribution in [0.3, 0.4) is 0 Å². The summed E-state index contributed by atoms with van der Waals surface area (Å²) in [6.07, 6.45) is 2.62. The monoisotopic (exact) mass is 229 g/mol. The van der Waals surface area contributed by atoms with Crippen molar-refractivity contribution in [3.63, 3.8) is 0 Å². The van der Waals surface area contributed by atoms with Crippen molar-refractivity contribution in [2.45, 2.75) is 19.8 Å². The largest absolute Gasteiger partial charge is 0.480 e. The van der Waals surface area contributed by atoms with Gasteiger partial charge in [0.15, 0.2) is 0 Å². The first kappa shape index (κ1) is 14.6. The summed E-state index contributed by atoms with van der Waals surface area (Å²) in [6.45, 7) is 6.37. The fourth-order valence-electron chi connectivity index (χ4n) is 1.14. The summed E-state index contributed by atoms with van der Waals surface area (Å²) in [6, 6.07) is 0. The van der Waals surface area contributed by atoms with Crippen LogP contribution in [0.2, 0.25) is 0 Å². The summed E-state index contributed by atoms with van der Waals surface area (Å²) in [7, 11) is 0. The number of carbonyl (C=O) groups is 2. The van der Waals surface area contributed by atoms with Crippen molar-refractivity contribution in [3.05, 3.63) is 12.7 Å². The van der Waals surface area contributed by atoms with Crippen LogP contribution in [0, 0.1) is 0 Å². The van der Waals surface area contributed by atoms with E-state index in [0.717, 1.165) is 6.42 Å². The van der Waals surface area contributed by atoms with E-state index in [9.17, 15) is 9.59 Å². The molecule has 0 atom stereocenters. The Bertz CT molecular complexity index is 240. The van der Waals surface area contributed by atoms with Crippen molar-refractivity contribution >= 4 is 11.9 Å². The number of carboxylic acids is 1. The molecule has 0 aromatic heterocycles. The van der Waals surface area contributed by atoms with E-state index in [1.54, 1.807) is 0 Å². The van der Waals surface area contributed by atoms with Gasteiger partial charge in [-0.25, -0.2) is 0 Å². The Hall–Kier alpha value is -1.36. The molecule has 5 nitrogen and oxygen atoms in total. The van der Waals surface area contributed by atoms with E-state index in [2.05, 4.69) is 6.58 Å². The van der Waals surface area contributed by atoms with Crippen molar-refractivity contribution in [2.24, 2.45) is 0 Å². The van der Waals surface area contributed by atoms with Crippen molar-refractivity contribution in [3.8, 4) is 0 Å². The lowest BCUT2D eigenvalue weighted by Crippen LogP contribution is -2.36. The Morgan fingerprint density at radius 3 is 2.62 bits per heavy atom. The van der Waals surface area contributed by atoms with Gasteiger partial charge in [-0.3, -0.25) is 9.59 Å². The zero-order valence-corrected chi connectivity index (χ0v) is 9.65. The van der Waals surface area contributed by atoms with Crippen LogP contribution in [-0.2, 0) is 14.3 Å². The zero-order valence-electron chi connectivity index (χ0n) is 9.65. The molecule has 0 aliphatic carbocycles. The van der Waals surface area contributed by atoms with Crippen molar-refractivity contribution in [2.75, 3.05) is 26.3 Å². The molecular weight excluding hydrogens is 210 g/mol. The molecule has 0 aliphatic heterocycles. The van der Waals surface area contributed by atoms with Gasteiger partial charge in [-0.05, 0) is 6.42 Å². The Morgan fingerprint density at radius 1 is 1.44 bits per heavy atom. The lowest BCUT2D eigenvalue weighted by molar-refractivity contribution is -0.144. The number of rotatable bonds is 9. The Kier molecular flexibility index (Phi) is 8.15.